The van der Waals surface area contributed by atoms with Crippen LogP contribution in [0.15, 0.2) is 54.9 Å². The Bertz CT molecular complexity index is 1330. The summed E-state index contributed by atoms with van der Waals surface area (Å²) in [4.78, 5) is 24.0. The lowest BCUT2D eigenvalue weighted by atomic mass is 10.1. The number of benzene rings is 2. The van der Waals surface area contributed by atoms with Crippen molar-refractivity contribution < 1.29 is 32.9 Å². The van der Waals surface area contributed by atoms with E-state index in [1.54, 1.807) is 18.2 Å². The number of aromatic nitrogens is 3. The molecule has 4 aromatic rings. The zero-order valence-electron chi connectivity index (χ0n) is 17.5. The monoisotopic (exact) mass is 472 g/mol. The van der Waals surface area contributed by atoms with Gasteiger partial charge in [0.05, 0.1) is 23.9 Å². The van der Waals surface area contributed by atoms with Gasteiger partial charge in [-0.3, -0.25) is 9.78 Å². The predicted octanol–water partition coefficient (Wildman–Crippen LogP) is 3.69. The minimum absolute atomic E-state index is 0.0234. The van der Waals surface area contributed by atoms with E-state index in [1.807, 2.05) is 0 Å². The van der Waals surface area contributed by atoms with Gasteiger partial charge >= 0.3 is 0 Å². The van der Waals surface area contributed by atoms with Crippen LogP contribution in [0.3, 0.4) is 0 Å². The van der Waals surface area contributed by atoms with Gasteiger partial charge in [0.1, 0.15) is 35.6 Å². The van der Waals surface area contributed by atoms with E-state index in [0.29, 0.717) is 17.0 Å². The first-order chi connectivity index (χ1) is 16.4. The van der Waals surface area contributed by atoms with Crippen molar-refractivity contribution in [2.75, 3.05) is 18.5 Å². The molecule has 0 aliphatic carbocycles. The number of fused-ring (bicyclic) bond motifs is 1. The molecule has 0 aliphatic heterocycles. The van der Waals surface area contributed by atoms with Crippen molar-refractivity contribution in [3.63, 3.8) is 0 Å². The van der Waals surface area contributed by atoms with Crippen LogP contribution in [-0.4, -0.2) is 50.4 Å². The van der Waals surface area contributed by atoms with Crippen molar-refractivity contribution in [3.05, 3.63) is 71.8 Å². The van der Waals surface area contributed by atoms with Crippen LogP contribution in [0.2, 0.25) is 0 Å². The van der Waals surface area contributed by atoms with E-state index >= 15 is 0 Å². The van der Waals surface area contributed by atoms with Crippen LogP contribution in [0.5, 0.6) is 5.75 Å². The Balaban J connectivity index is 1.62. The lowest BCUT2D eigenvalue weighted by Crippen LogP contribution is -2.21. The highest BCUT2D eigenvalue weighted by atomic mass is 19.3. The number of amides is 1. The number of aliphatic hydroxyl groups is 2. The molecular formula is C23H19F3N4O4. The second-order valence-corrected chi connectivity index (χ2v) is 7.33. The molecule has 2 aromatic carbocycles. The highest BCUT2D eigenvalue weighted by Gasteiger charge is 2.20. The fraction of sp³-hybridized carbons (Fsp3) is 0.174. The van der Waals surface area contributed by atoms with Crippen molar-refractivity contribution in [1.82, 2.24) is 15.0 Å². The van der Waals surface area contributed by atoms with Crippen LogP contribution in [0.4, 0.5) is 18.9 Å². The molecule has 2 heterocycles. The number of carbonyl (C=O) groups is 1. The average Bonchev–Trinajstić information content (AvgIpc) is 3.27. The third-order valence-electron chi connectivity index (χ3n) is 4.89. The number of H-pyrrole nitrogens is 1. The number of halogens is 3. The van der Waals surface area contributed by atoms with E-state index in [0.717, 1.165) is 18.2 Å². The number of hydrogen-bond donors (Lipinski definition) is 4. The Morgan fingerprint density at radius 3 is 2.76 bits per heavy atom. The van der Waals surface area contributed by atoms with Gasteiger partial charge in [-0.05, 0) is 30.3 Å². The first-order valence-electron chi connectivity index (χ1n) is 10.1. The van der Waals surface area contributed by atoms with Crippen LogP contribution in [0.1, 0.15) is 22.3 Å². The summed E-state index contributed by atoms with van der Waals surface area (Å²) in [5, 5.41) is 21.0. The maximum atomic E-state index is 13.8. The third-order valence-corrected chi connectivity index (χ3v) is 4.89. The summed E-state index contributed by atoms with van der Waals surface area (Å²) in [7, 11) is 0. The molecule has 8 nitrogen and oxygen atoms in total. The molecule has 0 saturated heterocycles. The third kappa shape index (κ3) is 5.00. The number of aliphatic hydroxyl groups excluding tert-OH is 2. The van der Waals surface area contributed by atoms with Gasteiger partial charge in [-0.25, -0.2) is 18.2 Å². The van der Waals surface area contributed by atoms with E-state index in [4.69, 9.17) is 9.84 Å². The molecule has 11 heteroatoms. The normalized spacial score (nSPS) is 12.2. The number of alkyl halides is 2. The average molecular weight is 472 g/mol. The van der Waals surface area contributed by atoms with Gasteiger partial charge in [-0.15, -0.1) is 0 Å². The van der Waals surface area contributed by atoms with Gasteiger partial charge in [-0.1, -0.05) is 6.07 Å². The fourth-order valence-electron chi connectivity index (χ4n) is 3.26. The molecule has 0 fully saturated rings. The molecule has 0 bridgehead atoms. The van der Waals surface area contributed by atoms with Gasteiger partial charge < -0.3 is 25.3 Å². The first kappa shape index (κ1) is 23.2. The largest absolute Gasteiger partial charge is 0.491 e. The second-order valence-electron chi connectivity index (χ2n) is 7.33. The topological polar surface area (TPSA) is 120 Å². The van der Waals surface area contributed by atoms with Crippen molar-refractivity contribution in [1.29, 1.82) is 0 Å². The maximum Gasteiger partial charge on any atom is 0.264 e. The number of pyridine rings is 1. The Morgan fingerprint density at radius 2 is 2.00 bits per heavy atom. The molecule has 1 amide bonds. The molecule has 4 N–H and O–H groups in total. The van der Waals surface area contributed by atoms with Crippen LogP contribution in [0, 0.1) is 5.82 Å². The zero-order chi connectivity index (χ0) is 24.2. The summed E-state index contributed by atoms with van der Waals surface area (Å²) in [6.45, 7) is -0.582. The van der Waals surface area contributed by atoms with Crippen LogP contribution in [-0.2, 0) is 0 Å². The minimum Gasteiger partial charge on any atom is -0.491 e. The quantitative estimate of drug-likeness (QED) is 0.311. The summed E-state index contributed by atoms with van der Waals surface area (Å²) in [5.41, 5.74) is 0.401. The molecule has 0 spiro atoms. The highest BCUT2D eigenvalue weighted by molar-refractivity contribution is 6.11. The van der Waals surface area contributed by atoms with E-state index in [9.17, 15) is 23.1 Å². The number of aromatic amines is 1. The number of imidazole rings is 1. The van der Waals surface area contributed by atoms with Crippen LogP contribution < -0.4 is 10.1 Å². The van der Waals surface area contributed by atoms with Crippen molar-refractivity contribution in [2.24, 2.45) is 0 Å². The van der Waals surface area contributed by atoms with E-state index in [2.05, 4.69) is 20.3 Å². The standard InChI is InChI=1S/C23H19F3N4O4/c24-12-4-5-16(21(25)26)17(6-12)22-29-19-9-27-8-18(20(19)30-22)23(33)28-13-2-1-3-15(7-13)34-11-14(32)10-31/h1-9,14,21,31-32H,10-11H2,(H,28,33)(H,29,30)/t14-/m0/s1. The van der Waals surface area contributed by atoms with Gasteiger partial charge in [0, 0.05) is 29.1 Å². The molecule has 176 valence electrons. The maximum absolute atomic E-state index is 13.8. The Morgan fingerprint density at radius 1 is 1.18 bits per heavy atom. The number of nitrogens with one attached hydrogen (secondary N) is 2. The summed E-state index contributed by atoms with van der Waals surface area (Å²) < 4.78 is 46.0. The summed E-state index contributed by atoms with van der Waals surface area (Å²) in [5.74, 6) is -0.944. The second kappa shape index (κ2) is 9.89. The molecular weight excluding hydrogens is 453 g/mol. The summed E-state index contributed by atoms with van der Waals surface area (Å²) in [6, 6.07) is 9.25. The predicted molar refractivity (Wildman–Crippen MR) is 117 cm³/mol. The van der Waals surface area contributed by atoms with E-state index < -0.39 is 36.4 Å². The van der Waals surface area contributed by atoms with E-state index in [-0.39, 0.29) is 29.1 Å². The molecule has 0 radical (unpaired) electrons. The van der Waals surface area contributed by atoms with Crippen LogP contribution in [0.25, 0.3) is 22.4 Å². The minimum atomic E-state index is -2.85. The molecule has 4 rings (SSSR count). The van der Waals surface area contributed by atoms with Gasteiger partial charge in [0.2, 0.25) is 0 Å². The number of nitrogens with zero attached hydrogens (tertiary/aromatic N) is 2. The summed E-state index contributed by atoms with van der Waals surface area (Å²) in [6.07, 6.45) is -1.23. The SMILES string of the molecule is O=C(Nc1cccc(OC[C@@H](O)CO)c1)c1cncc2[nH]c(-c3cc(F)ccc3C(F)F)nc12. The molecule has 1 atom stereocenters. The molecule has 2 aromatic heterocycles. The molecule has 0 aliphatic rings. The number of anilines is 1. The van der Waals surface area contributed by atoms with Crippen LogP contribution >= 0.6 is 0 Å². The lowest BCUT2D eigenvalue weighted by Gasteiger charge is -2.11. The zero-order valence-corrected chi connectivity index (χ0v) is 17.5. The molecule has 34 heavy (non-hydrogen) atoms. The number of ether oxygens (including phenoxy) is 1. The summed E-state index contributed by atoms with van der Waals surface area (Å²) >= 11 is 0. The Hall–Kier alpha value is -3.96. The smallest absolute Gasteiger partial charge is 0.264 e. The Labute approximate surface area is 191 Å². The van der Waals surface area contributed by atoms with Crippen molar-refractivity contribution in [2.45, 2.75) is 12.5 Å². The highest BCUT2D eigenvalue weighted by Crippen LogP contribution is 2.32. The fourth-order valence-corrected chi connectivity index (χ4v) is 3.26. The van der Waals surface area contributed by atoms with Gasteiger partial charge in [0.15, 0.2) is 0 Å². The molecule has 0 saturated carbocycles. The lowest BCUT2D eigenvalue weighted by molar-refractivity contribution is 0.0536. The number of hydrogen-bond acceptors (Lipinski definition) is 6. The Kier molecular flexibility index (Phi) is 6.75. The van der Waals surface area contributed by atoms with Crippen molar-refractivity contribution >= 4 is 22.6 Å². The first-order valence-corrected chi connectivity index (χ1v) is 10.1. The van der Waals surface area contributed by atoms with Gasteiger partial charge in [-0.2, -0.15) is 0 Å². The van der Waals surface area contributed by atoms with Gasteiger partial charge in [0.25, 0.3) is 12.3 Å². The van der Waals surface area contributed by atoms with Crippen molar-refractivity contribution in [3.8, 4) is 17.1 Å². The molecule has 0 unspecified atom stereocenters. The number of rotatable bonds is 8. The van der Waals surface area contributed by atoms with E-state index in [1.165, 1.54) is 18.5 Å². The number of carbonyl (C=O) groups excluding carboxylic acids is 1.